The van der Waals surface area contributed by atoms with Crippen LogP contribution in [0.1, 0.15) is 31.0 Å². The molecular weight excluding hydrogens is 220 g/mol. The average molecular weight is 234 g/mol. The summed E-state index contributed by atoms with van der Waals surface area (Å²) in [5, 5.41) is 13.0. The Kier molecular flexibility index (Phi) is 3.19. The van der Waals surface area contributed by atoms with E-state index in [9.17, 15) is 5.11 Å². The molecule has 0 bridgehead atoms. The van der Waals surface area contributed by atoms with E-state index in [1.807, 2.05) is 18.4 Å². The summed E-state index contributed by atoms with van der Waals surface area (Å²) >= 11 is 1.58. The fourth-order valence-electron chi connectivity index (χ4n) is 1.59. The van der Waals surface area contributed by atoms with Crippen LogP contribution in [0.25, 0.3) is 16.0 Å². The van der Waals surface area contributed by atoms with Crippen molar-refractivity contribution in [3.8, 4) is 0 Å². The third-order valence-electron chi connectivity index (χ3n) is 2.42. The molecule has 0 amide bonds. The van der Waals surface area contributed by atoms with Crippen molar-refractivity contribution in [3.05, 3.63) is 29.0 Å². The minimum Gasteiger partial charge on any atom is -0.506 e. The zero-order valence-electron chi connectivity index (χ0n) is 9.40. The maximum absolute atomic E-state index is 9.97. The molecule has 0 saturated heterocycles. The largest absolute Gasteiger partial charge is 0.506 e. The van der Waals surface area contributed by atoms with Gasteiger partial charge in [0.1, 0.15) is 22.6 Å². The number of aromatic nitrogens is 2. The maximum Gasteiger partial charge on any atom is 0.138 e. The number of aryl methyl sites for hydroxylation is 1. The molecular formula is C12H14N2OS. The van der Waals surface area contributed by atoms with Gasteiger partial charge < -0.3 is 5.11 Å². The number of unbranched alkanes of at least 4 members (excludes halogenated alkanes) is 1. The second-order valence-corrected chi connectivity index (χ2v) is 4.56. The highest BCUT2D eigenvalue weighted by molar-refractivity contribution is 7.17. The lowest BCUT2D eigenvalue weighted by molar-refractivity contribution is 0.506. The summed E-state index contributed by atoms with van der Waals surface area (Å²) in [7, 11) is 0. The molecule has 3 nitrogen and oxygen atoms in total. The van der Waals surface area contributed by atoms with E-state index in [-0.39, 0.29) is 5.76 Å². The van der Waals surface area contributed by atoms with Crippen LogP contribution in [-0.2, 0) is 0 Å². The number of fused-ring (bicyclic) bond motifs is 1. The van der Waals surface area contributed by atoms with Crippen LogP contribution in [0, 0.1) is 6.92 Å². The van der Waals surface area contributed by atoms with E-state index in [0.29, 0.717) is 5.69 Å². The Balaban J connectivity index is 2.55. The number of nitrogens with zero attached hydrogens (tertiary/aromatic N) is 2. The molecule has 4 heteroatoms. The Labute approximate surface area is 98.5 Å². The van der Waals surface area contributed by atoms with E-state index in [1.54, 1.807) is 11.3 Å². The third-order valence-corrected chi connectivity index (χ3v) is 3.43. The Morgan fingerprint density at radius 3 is 3.06 bits per heavy atom. The van der Waals surface area contributed by atoms with Gasteiger partial charge in [0.2, 0.25) is 0 Å². The standard InChI is InChI=1S/C12H14N2OS/c1-3-4-5-9(15)11-10-8(2)6-16-12(10)14-7-13-11/h5-7,15H,3-4H2,1-2H3/b9-5-. The number of aliphatic hydroxyl groups excluding tert-OH is 1. The molecule has 84 valence electrons. The molecule has 2 rings (SSSR count). The second-order valence-electron chi connectivity index (χ2n) is 3.70. The van der Waals surface area contributed by atoms with Crippen molar-refractivity contribution in [1.82, 2.24) is 9.97 Å². The number of rotatable bonds is 3. The summed E-state index contributed by atoms with van der Waals surface area (Å²) in [6.45, 7) is 4.09. The van der Waals surface area contributed by atoms with Gasteiger partial charge in [-0.25, -0.2) is 9.97 Å². The lowest BCUT2D eigenvalue weighted by Gasteiger charge is -2.01. The first-order valence-corrected chi connectivity index (χ1v) is 6.20. The van der Waals surface area contributed by atoms with Crippen molar-refractivity contribution >= 4 is 27.3 Å². The second kappa shape index (κ2) is 4.61. The van der Waals surface area contributed by atoms with Crippen molar-refractivity contribution in [2.75, 3.05) is 0 Å². The Bertz CT molecular complexity index is 531. The van der Waals surface area contributed by atoms with Gasteiger partial charge in [0.15, 0.2) is 0 Å². The van der Waals surface area contributed by atoms with Crippen molar-refractivity contribution in [3.63, 3.8) is 0 Å². The summed E-state index contributed by atoms with van der Waals surface area (Å²) in [5.41, 5.74) is 1.77. The van der Waals surface area contributed by atoms with E-state index < -0.39 is 0 Å². The van der Waals surface area contributed by atoms with Gasteiger partial charge in [0, 0.05) is 5.39 Å². The molecule has 0 aromatic carbocycles. The molecule has 0 saturated carbocycles. The summed E-state index contributed by atoms with van der Waals surface area (Å²) in [5.74, 6) is 0.260. The molecule has 0 unspecified atom stereocenters. The van der Waals surface area contributed by atoms with Crippen LogP contribution < -0.4 is 0 Å². The van der Waals surface area contributed by atoms with Crippen molar-refractivity contribution in [2.45, 2.75) is 26.7 Å². The summed E-state index contributed by atoms with van der Waals surface area (Å²) in [4.78, 5) is 9.29. The van der Waals surface area contributed by atoms with Crippen LogP contribution in [0.15, 0.2) is 17.8 Å². The van der Waals surface area contributed by atoms with E-state index >= 15 is 0 Å². The van der Waals surface area contributed by atoms with Gasteiger partial charge in [-0.3, -0.25) is 0 Å². The fourth-order valence-corrected chi connectivity index (χ4v) is 2.48. The molecule has 0 aliphatic rings. The summed E-state index contributed by atoms with van der Waals surface area (Å²) in [6.07, 6.45) is 5.20. The lowest BCUT2D eigenvalue weighted by Crippen LogP contribution is -1.91. The minimum atomic E-state index is 0.260. The number of allylic oxidation sites excluding steroid dienone is 1. The normalized spacial score (nSPS) is 12.2. The Morgan fingerprint density at radius 2 is 2.31 bits per heavy atom. The maximum atomic E-state index is 9.97. The highest BCUT2D eigenvalue weighted by Gasteiger charge is 2.11. The SMILES string of the molecule is CCC/C=C(\O)c1ncnc2scc(C)c12. The van der Waals surface area contributed by atoms with Gasteiger partial charge in [-0.15, -0.1) is 11.3 Å². The number of hydrogen-bond donors (Lipinski definition) is 1. The summed E-state index contributed by atoms with van der Waals surface area (Å²) in [6, 6.07) is 0. The minimum absolute atomic E-state index is 0.260. The van der Waals surface area contributed by atoms with Crippen LogP contribution in [0.5, 0.6) is 0 Å². The molecule has 2 aromatic heterocycles. The van der Waals surface area contributed by atoms with Crippen molar-refractivity contribution in [2.24, 2.45) is 0 Å². The van der Waals surface area contributed by atoms with E-state index in [1.165, 1.54) is 6.33 Å². The third kappa shape index (κ3) is 1.93. The number of thiophene rings is 1. The molecule has 2 aromatic rings. The Hall–Kier alpha value is -1.42. The molecule has 0 spiro atoms. The van der Waals surface area contributed by atoms with Crippen LogP contribution >= 0.6 is 11.3 Å². The highest BCUT2D eigenvalue weighted by atomic mass is 32.1. The van der Waals surface area contributed by atoms with Gasteiger partial charge in [-0.2, -0.15) is 0 Å². The van der Waals surface area contributed by atoms with Gasteiger partial charge in [-0.05, 0) is 30.4 Å². The van der Waals surface area contributed by atoms with E-state index in [4.69, 9.17) is 0 Å². The first kappa shape index (κ1) is 11.1. The lowest BCUT2D eigenvalue weighted by atomic mass is 10.1. The van der Waals surface area contributed by atoms with Crippen LogP contribution in [-0.4, -0.2) is 15.1 Å². The smallest absolute Gasteiger partial charge is 0.138 e. The predicted molar refractivity (Wildman–Crippen MR) is 67.7 cm³/mol. The molecule has 0 atom stereocenters. The van der Waals surface area contributed by atoms with Gasteiger partial charge in [0.25, 0.3) is 0 Å². The average Bonchev–Trinajstić information content (AvgIpc) is 2.68. The molecule has 2 heterocycles. The van der Waals surface area contributed by atoms with Crippen LogP contribution in [0.2, 0.25) is 0 Å². The number of hydrogen-bond acceptors (Lipinski definition) is 4. The molecule has 16 heavy (non-hydrogen) atoms. The van der Waals surface area contributed by atoms with Gasteiger partial charge in [-0.1, -0.05) is 13.3 Å². The van der Waals surface area contributed by atoms with E-state index in [2.05, 4.69) is 16.9 Å². The van der Waals surface area contributed by atoms with Gasteiger partial charge >= 0.3 is 0 Å². The topological polar surface area (TPSA) is 46.0 Å². The quantitative estimate of drug-likeness (QED) is 0.824. The van der Waals surface area contributed by atoms with Crippen LogP contribution in [0.3, 0.4) is 0 Å². The highest BCUT2D eigenvalue weighted by Crippen LogP contribution is 2.28. The van der Waals surface area contributed by atoms with Crippen LogP contribution in [0.4, 0.5) is 0 Å². The van der Waals surface area contributed by atoms with E-state index in [0.717, 1.165) is 28.6 Å². The molecule has 1 N–H and O–H groups in total. The van der Waals surface area contributed by atoms with Crippen molar-refractivity contribution in [1.29, 1.82) is 0 Å². The fraction of sp³-hybridized carbons (Fsp3) is 0.333. The zero-order chi connectivity index (χ0) is 11.5. The molecule has 0 aliphatic heterocycles. The molecule has 0 fully saturated rings. The summed E-state index contributed by atoms with van der Waals surface area (Å²) < 4.78 is 0. The molecule has 0 aliphatic carbocycles. The number of aliphatic hydroxyl groups is 1. The van der Waals surface area contributed by atoms with Gasteiger partial charge in [0.05, 0.1) is 0 Å². The monoisotopic (exact) mass is 234 g/mol. The Morgan fingerprint density at radius 1 is 1.50 bits per heavy atom. The first-order valence-electron chi connectivity index (χ1n) is 5.32. The first-order chi connectivity index (χ1) is 7.74. The zero-order valence-corrected chi connectivity index (χ0v) is 10.2. The predicted octanol–water partition coefficient (Wildman–Crippen LogP) is 3.70. The molecule has 0 radical (unpaired) electrons. The van der Waals surface area contributed by atoms with Crippen molar-refractivity contribution < 1.29 is 5.11 Å².